The minimum atomic E-state index is -4.79. The highest BCUT2D eigenvalue weighted by Crippen LogP contribution is 2.24. The van der Waals surface area contributed by atoms with Crippen molar-refractivity contribution in [3.8, 4) is 11.8 Å². The van der Waals surface area contributed by atoms with Crippen molar-refractivity contribution in [2.45, 2.75) is 26.8 Å². The first-order valence-corrected chi connectivity index (χ1v) is 7.91. The molecular formula is C17H17F3N4O4. The van der Waals surface area contributed by atoms with Crippen LogP contribution in [0.3, 0.4) is 0 Å². The number of anilines is 2. The van der Waals surface area contributed by atoms with Crippen molar-refractivity contribution in [1.82, 2.24) is 9.55 Å². The van der Waals surface area contributed by atoms with E-state index in [1.165, 1.54) is 22.9 Å². The second kappa shape index (κ2) is 8.93. The lowest BCUT2D eigenvalue weighted by molar-refractivity contribution is -0.274. The molecule has 0 atom stereocenters. The Morgan fingerprint density at radius 1 is 1.21 bits per heavy atom. The van der Waals surface area contributed by atoms with Crippen LogP contribution in [0, 0.1) is 0 Å². The molecule has 0 saturated heterocycles. The number of imidazole rings is 1. The van der Waals surface area contributed by atoms with Crippen LogP contribution in [0.5, 0.6) is 11.8 Å². The Hall–Kier alpha value is -3.50. The van der Waals surface area contributed by atoms with Crippen LogP contribution < -0.4 is 20.1 Å². The van der Waals surface area contributed by atoms with E-state index >= 15 is 0 Å². The maximum atomic E-state index is 12.1. The molecule has 0 saturated carbocycles. The number of benzene rings is 1. The number of allylic oxidation sites excluding steroid dienone is 2. The molecule has 0 aliphatic heterocycles. The summed E-state index contributed by atoms with van der Waals surface area (Å²) in [5.74, 6) is -0.291. The van der Waals surface area contributed by atoms with Gasteiger partial charge in [-0.3, -0.25) is 14.7 Å². The molecule has 150 valence electrons. The van der Waals surface area contributed by atoms with Gasteiger partial charge in [0.05, 0.1) is 6.20 Å². The molecule has 1 aromatic heterocycles. The van der Waals surface area contributed by atoms with Gasteiger partial charge in [0, 0.05) is 12.2 Å². The number of ether oxygens (including phenoxy) is 2. The molecule has 0 radical (unpaired) electrons. The fraction of sp³-hybridized carbons (Fsp3) is 0.235. The number of rotatable bonds is 7. The maximum absolute atomic E-state index is 12.1. The second-order valence-electron chi connectivity index (χ2n) is 5.71. The minimum Gasteiger partial charge on any atom is -0.406 e. The van der Waals surface area contributed by atoms with Gasteiger partial charge in [-0.05, 0) is 38.1 Å². The van der Waals surface area contributed by atoms with Gasteiger partial charge in [0.25, 0.3) is 0 Å². The normalized spacial score (nSPS) is 10.8. The van der Waals surface area contributed by atoms with E-state index < -0.39 is 18.1 Å². The number of carbonyl (C=O) groups is 2. The molecule has 0 aliphatic carbocycles. The molecule has 0 aliphatic rings. The molecule has 2 amide bonds. The van der Waals surface area contributed by atoms with Crippen LogP contribution in [0.4, 0.5) is 29.5 Å². The second-order valence-corrected chi connectivity index (χ2v) is 5.71. The fourth-order valence-corrected chi connectivity index (χ4v) is 2.03. The van der Waals surface area contributed by atoms with Crippen LogP contribution in [0.2, 0.25) is 0 Å². The zero-order valence-electron chi connectivity index (χ0n) is 14.9. The lowest BCUT2D eigenvalue weighted by Crippen LogP contribution is -2.20. The molecular weight excluding hydrogens is 381 g/mol. The molecule has 2 rings (SSSR count). The zero-order chi connectivity index (χ0) is 20.7. The van der Waals surface area contributed by atoms with E-state index in [0.717, 1.165) is 17.7 Å². The van der Waals surface area contributed by atoms with Crippen molar-refractivity contribution in [3.63, 3.8) is 0 Å². The van der Waals surface area contributed by atoms with Crippen LogP contribution in [0.15, 0.2) is 42.1 Å². The SMILES string of the molecule is CC(C)=CCn1cc(NC(=O)Nc2ccc(OC(F)(F)F)cc2)nc1OC=O. The number of hydrogen-bond acceptors (Lipinski definition) is 5. The van der Waals surface area contributed by atoms with Gasteiger partial charge >= 0.3 is 24.9 Å². The van der Waals surface area contributed by atoms with Gasteiger partial charge in [0.2, 0.25) is 0 Å². The third-order valence-electron chi connectivity index (χ3n) is 3.18. The number of carbonyl (C=O) groups excluding carboxylic acids is 2. The average Bonchev–Trinajstić information content (AvgIpc) is 2.95. The number of urea groups is 1. The predicted molar refractivity (Wildman–Crippen MR) is 94.1 cm³/mol. The Kier molecular flexibility index (Phi) is 6.64. The molecule has 0 unspecified atom stereocenters. The Morgan fingerprint density at radius 3 is 2.46 bits per heavy atom. The first kappa shape index (κ1) is 20.8. The van der Waals surface area contributed by atoms with Gasteiger partial charge in [-0.2, -0.15) is 4.98 Å². The number of aromatic nitrogens is 2. The maximum Gasteiger partial charge on any atom is 0.573 e. The number of nitrogens with one attached hydrogen (secondary N) is 2. The molecule has 1 aromatic carbocycles. The summed E-state index contributed by atoms with van der Waals surface area (Å²) >= 11 is 0. The fourth-order valence-electron chi connectivity index (χ4n) is 2.03. The molecule has 11 heteroatoms. The smallest absolute Gasteiger partial charge is 0.406 e. The standard InChI is InChI=1S/C17H17F3N4O4/c1-11(2)7-8-24-9-14(23-16(24)27-10-25)22-15(26)21-12-3-5-13(6-4-12)28-17(18,19)20/h3-7,9-10H,8H2,1-2H3,(H2,21,22,26). The van der Waals surface area contributed by atoms with E-state index in [9.17, 15) is 22.8 Å². The van der Waals surface area contributed by atoms with Crippen molar-refractivity contribution in [1.29, 1.82) is 0 Å². The van der Waals surface area contributed by atoms with E-state index in [2.05, 4.69) is 20.4 Å². The van der Waals surface area contributed by atoms with Crippen molar-refractivity contribution in [2.24, 2.45) is 0 Å². The predicted octanol–water partition coefficient (Wildman–Crippen LogP) is 3.93. The van der Waals surface area contributed by atoms with E-state index in [0.29, 0.717) is 6.54 Å². The highest BCUT2D eigenvalue weighted by atomic mass is 19.4. The van der Waals surface area contributed by atoms with Crippen LogP contribution >= 0.6 is 0 Å². The first-order valence-electron chi connectivity index (χ1n) is 7.91. The van der Waals surface area contributed by atoms with Crippen LogP contribution in [0.25, 0.3) is 0 Å². The third-order valence-corrected chi connectivity index (χ3v) is 3.18. The average molecular weight is 398 g/mol. The minimum absolute atomic E-state index is 0.00328. The van der Waals surface area contributed by atoms with Crippen molar-refractivity contribution >= 4 is 24.0 Å². The molecule has 0 fully saturated rings. The van der Waals surface area contributed by atoms with Crippen LogP contribution in [-0.2, 0) is 11.3 Å². The highest BCUT2D eigenvalue weighted by Gasteiger charge is 2.30. The highest BCUT2D eigenvalue weighted by molar-refractivity contribution is 5.99. The molecule has 1 heterocycles. The van der Waals surface area contributed by atoms with E-state index in [-0.39, 0.29) is 24.0 Å². The van der Waals surface area contributed by atoms with Crippen molar-refractivity contribution in [2.75, 3.05) is 10.6 Å². The van der Waals surface area contributed by atoms with E-state index in [1.54, 1.807) is 0 Å². The van der Waals surface area contributed by atoms with Gasteiger partial charge in [0.15, 0.2) is 5.82 Å². The summed E-state index contributed by atoms with van der Waals surface area (Å²) < 4.78 is 46.4. The summed E-state index contributed by atoms with van der Waals surface area (Å²) in [6.45, 7) is 4.39. The Balaban J connectivity index is 2.01. The van der Waals surface area contributed by atoms with Gasteiger partial charge in [-0.25, -0.2) is 4.79 Å². The van der Waals surface area contributed by atoms with Gasteiger partial charge < -0.3 is 14.8 Å². The summed E-state index contributed by atoms with van der Waals surface area (Å²) in [4.78, 5) is 26.6. The summed E-state index contributed by atoms with van der Waals surface area (Å²) in [6, 6.07) is 3.93. The number of hydrogen-bond donors (Lipinski definition) is 2. The summed E-state index contributed by atoms with van der Waals surface area (Å²) in [5.41, 5.74) is 1.27. The number of alkyl halides is 3. The van der Waals surface area contributed by atoms with Crippen LogP contribution in [0.1, 0.15) is 13.8 Å². The van der Waals surface area contributed by atoms with Gasteiger partial charge in [-0.1, -0.05) is 11.6 Å². The quantitative estimate of drug-likeness (QED) is 0.544. The number of nitrogens with zero attached hydrogens (tertiary/aromatic N) is 2. The van der Waals surface area contributed by atoms with E-state index in [1.807, 2.05) is 19.9 Å². The third kappa shape index (κ3) is 6.67. The number of amides is 2. The first-order chi connectivity index (χ1) is 13.2. The molecule has 28 heavy (non-hydrogen) atoms. The summed E-state index contributed by atoms with van der Waals surface area (Å²) in [6.07, 6.45) is -1.45. The largest absolute Gasteiger partial charge is 0.573 e. The Labute approximate surface area is 158 Å². The molecule has 8 nitrogen and oxygen atoms in total. The molecule has 2 aromatic rings. The molecule has 2 N–H and O–H groups in total. The van der Waals surface area contributed by atoms with Crippen molar-refractivity contribution < 1.29 is 32.2 Å². The lowest BCUT2D eigenvalue weighted by Gasteiger charge is -2.10. The summed E-state index contributed by atoms with van der Waals surface area (Å²) in [7, 11) is 0. The molecule has 0 bridgehead atoms. The lowest BCUT2D eigenvalue weighted by atomic mass is 10.3. The van der Waals surface area contributed by atoms with E-state index in [4.69, 9.17) is 4.74 Å². The monoisotopic (exact) mass is 398 g/mol. The Bertz CT molecular complexity index is 856. The van der Waals surface area contributed by atoms with Gasteiger partial charge in [-0.15, -0.1) is 13.2 Å². The van der Waals surface area contributed by atoms with Gasteiger partial charge in [0.1, 0.15) is 5.75 Å². The molecule has 0 spiro atoms. The summed E-state index contributed by atoms with van der Waals surface area (Å²) in [5, 5.41) is 4.87. The Morgan fingerprint density at radius 2 is 1.89 bits per heavy atom. The zero-order valence-corrected chi connectivity index (χ0v) is 14.9. The van der Waals surface area contributed by atoms with Crippen molar-refractivity contribution in [3.05, 3.63) is 42.1 Å². The topological polar surface area (TPSA) is 94.5 Å². The van der Waals surface area contributed by atoms with Crippen LogP contribution in [-0.4, -0.2) is 28.4 Å². The number of halogens is 3.